The van der Waals surface area contributed by atoms with Gasteiger partial charge in [-0.3, -0.25) is 9.69 Å². The third-order valence-corrected chi connectivity index (χ3v) is 4.59. The lowest BCUT2D eigenvalue weighted by molar-refractivity contribution is -0.137. The Balaban J connectivity index is 1.78. The van der Waals surface area contributed by atoms with E-state index in [2.05, 4.69) is 22.1 Å². The molecule has 0 aliphatic carbocycles. The summed E-state index contributed by atoms with van der Waals surface area (Å²) in [5.41, 5.74) is 0.976. The van der Waals surface area contributed by atoms with Gasteiger partial charge < -0.3 is 9.73 Å². The monoisotopic (exact) mass is 331 g/mol. The highest BCUT2D eigenvalue weighted by Gasteiger charge is 2.41. The molecule has 0 bridgehead atoms. The van der Waals surface area contributed by atoms with Crippen LogP contribution in [0.2, 0.25) is 0 Å². The fourth-order valence-electron chi connectivity index (χ4n) is 3.20. The minimum absolute atomic E-state index is 0.0675. The number of nitrogens with zero attached hydrogens (tertiary/aromatic N) is 2. The van der Waals surface area contributed by atoms with Gasteiger partial charge in [0, 0.05) is 25.2 Å². The Bertz CT molecular complexity index is 713. The summed E-state index contributed by atoms with van der Waals surface area (Å²) in [4.78, 5) is 19.0. The molecule has 0 spiro atoms. The number of oxazole rings is 1. The molecule has 24 heavy (non-hydrogen) atoms. The van der Waals surface area contributed by atoms with E-state index in [4.69, 9.17) is 4.42 Å². The number of nitrogens with one attached hydrogen (secondary N) is 1. The van der Waals surface area contributed by atoms with Crippen LogP contribution < -0.4 is 5.32 Å². The zero-order valence-electron chi connectivity index (χ0n) is 14.0. The molecular formula is C18H22FN3O2. The normalized spacial score (nSPS) is 21.7. The van der Waals surface area contributed by atoms with Crippen molar-refractivity contribution in [2.75, 3.05) is 13.1 Å². The minimum Gasteiger partial charge on any atom is -0.444 e. The van der Waals surface area contributed by atoms with Crippen molar-refractivity contribution in [1.82, 2.24) is 15.2 Å². The van der Waals surface area contributed by atoms with Gasteiger partial charge in [-0.25, -0.2) is 9.37 Å². The second-order valence-corrected chi connectivity index (χ2v) is 6.35. The maximum atomic E-state index is 13.0. The standard InChI is InChI=1S/C18H22FN3O2/c1-3-8-18(2)17(23)20-9-10-22(18)11-15-12-24-16(21-15)13-4-6-14(19)7-5-13/h4-7,12H,3,8-11H2,1-2H3,(H,20,23)/t18-/m0/s1. The minimum atomic E-state index is -0.526. The van der Waals surface area contributed by atoms with Crippen molar-refractivity contribution in [3.63, 3.8) is 0 Å². The molecule has 2 heterocycles. The smallest absolute Gasteiger partial charge is 0.240 e. The second-order valence-electron chi connectivity index (χ2n) is 6.35. The van der Waals surface area contributed by atoms with Crippen molar-refractivity contribution in [2.24, 2.45) is 0 Å². The molecule has 1 aliphatic rings. The highest BCUT2D eigenvalue weighted by molar-refractivity contribution is 5.86. The number of aromatic nitrogens is 1. The SMILES string of the molecule is CCC[C@@]1(C)C(=O)NCCN1Cc1coc(-c2ccc(F)cc2)n1. The van der Waals surface area contributed by atoms with Gasteiger partial charge in [-0.1, -0.05) is 13.3 Å². The topological polar surface area (TPSA) is 58.4 Å². The van der Waals surface area contributed by atoms with E-state index >= 15 is 0 Å². The van der Waals surface area contributed by atoms with Gasteiger partial charge in [-0.15, -0.1) is 0 Å². The number of rotatable bonds is 5. The van der Waals surface area contributed by atoms with Crippen molar-refractivity contribution < 1.29 is 13.6 Å². The molecule has 1 saturated heterocycles. The summed E-state index contributed by atoms with van der Waals surface area (Å²) >= 11 is 0. The lowest BCUT2D eigenvalue weighted by atomic mass is 9.90. The van der Waals surface area contributed by atoms with Crippen LogP contribution in [0.4, 0.5) is 4.39 Å². The number of hydrogen-bond donors (Lipinski definition) is 1. The van der Waals surface area contributed by atoms with Crippen molar-refractivity contribution in [2.45, 2.75) is 38.8 Å². The van der Waals surface area contributed by atoms with E-state index in [-0.39, 0.29) is 11.7 Å². The van der Waals surface area contributed by atoms with Crippen LogP contribution in [0.1, 0.15) is 32.4 Å². The van der Waals surface area contributed by atoms with Crippen LogP contribution in [0, 0.1) is 5.82 Å². The van der Waals surface area contributed by atoms with Crippen molar-refractivity contribution in [1.29, 1.82) is 0 Å². The van der Waals surface area contributed by atoms with E-state index in [0.717, 1.165) is 30.6 Å². The predicted octanol–water partition coefficient (Wildman–Crippen LogP) is 2.97. The molecule has 128 valence electrons. The maximum absolute atomic E-state index is 13.0. The first-order valence-corrected chi connectivity index (χ1v) is 8.26. The Morgan fingerprint density at radius 1 is 1.38 bits per heavy atom. The fraction of sp³-hybridized carbons (Fsp3) is 0.444. The van der Waals surface area contributed by atoms with Gasteiger partial charge in [-0.2, -0.15) is 0 Å². The molecule has 6 heteroatoms. The highest BCUT2D eigenvalue weighted by atomic mass is 19.1. The summed E-state index contributed by atoms with van der Waals surface area (Å²) < 4.78 is 18.5. The molecule has 1 atom stereocenters. The summed E-state index contributed by atoms with van der Waals surface area (Å²) in [6.07, 6.45) is 3.33. The lowest BCUT2D eigenvalue weighted by Crippen LogP contribution is -2.62. The lowest BCUT2D eigenvalue weighted by Gasteiger charge is -2.43. The van der Waals surface area contributed by atoms with Crippen LogP contribution >= 0.6 is 0 Å². The molecule has 1 fully saturated rings. The van der Waals surface area contributed by atoms with Gasteiger partial charge in [0.1, 0.15) is 12.1 Å². The first-order chi connectivity index (χ1) is 11.5. The summed E-state index contributed by atoms with van der Waals surface area (Å²) in [6, 6.07) is 6.04. The number of hydrogen-bond acceptors (Lipinski definition) is 4. The van der Waals surface area contributed by atoms with Crippen LogP contribution in [-0.4, -0.2) is 34.4 Å². The Morgan fingerprint density at radius 3 is 2.83 bits per heavy atom. The van der Waals surface area contributed by atoms with Crippen molar-refractivity contribution in [3.05, 3.63) is 42.0 Å². The first-order valence-electron chi connectivity index (χ1n) is 8.26. The third-order valence-electron chi connectivity index (χ3n) is 4.59. The number of carbonyl (C=O) groups is 1. The summed E-state index contributed by atoms with van der Waals surface area (Å²) in [7, 11) is 0. The zero-order valence-corrected chi connectivity index (χ0v) is 14.0. The second kappa shape index (κ2) is 6.73. The average molecular weight is 331 g/mol. The number of halogens is 1. The van der Waals surface area contributed by atoms with Crippen LogP contribution in [0.5, 0.6) is 0 Å². The third kappa shape index (κ3) is 3.19. The molecule has 1 aliphatic heterocycles. The molecule has 1 amide bonds. The van der Waals surface area contributed by atoms with Gasteiger partial charge in [0.25, 0.3) is 0 Å². The zero-order chi connectivity index (χ0) is 17.2. The molecule has 5 nitrogen and oxygen atoms in total. The first kappa shape index (κ1) is 16.6. The molecule has 1 aromatic carbocycles. The molecule has 1 N–H and O–H groups in total. The number of carbonyl (C=O) groups excluding carboxylic acids is 1. The Kier molecular flexibility index (Phi) is 4.66. The van der Waals surface area contributed by atoms with Gasteiger partial charge in [-0.05, 0) is 37.6 Å². The van der Waals surface area contributed by atoms with Gasteiger partial charge >= 0.3 is 0 Å². The number of benzene rings is 1. The van der Waals surface area contributed by atoms with E-state index in [1.54, 1.807) is 18.4 Å². The highest BCUT2D eigenvalue weighted by Crippen LogP contribution is 2.27. The number of piperazine rings is 1. The maximum Gasteiger partial charge on any atom is 0.240 e. The molecular weight excluding hydrogens is 309 g/mol. The Labute approximate surface area is 140 Å². The van der Waals surface area contributed by atoms with E-state index < -0.39 is 5.54 Å². The molecule has 3 rings (SSSR count). The summed E-state index contributed by atoms with van der Waals surface area (Å²) in [5, 5.41) is 2.95. The van der Waals surface area contributed by atoms with E-state index in [0.29, 0.717) is 19.0 Å². The summed E-state index contributed by atoms with van der Waals surface area (Å²) in [6.45, 7) is 6.02. The predicted molar refractivity (Wildman–Crippen MR) is 88.6 cm³/mol. The number of amides is 1. The van der Waals surface area contributed by atoms with Crippen LogP contribution in [0.25, 0.3) is 11.5 Å². The molecule has 0 radical (unpaired) electrons. The molecule has 2 aromatic rings. The van der Waals surface area contributed by atoms with E-state index in [1.165, 1.54) is 12.1 Å². The van der Waals surface area contributed by atoms with Crippen LogP contribution in [-0.2, 0) is 11.3 Å². The van der Waals surface area contributed by atoms with Crippen molar-refractivity contribution >= 4 is 5.91 Å². The van der Waals surface area contributed by atoms with E-state index in [9.17, 15) is 9.18 Å². The fourth-order valence-corrected chi connectivity index (χ4v) is 3.20. The van der Waals surface area contributed by atoms with Gasteiger partial charge in [0.2, 0.25) is 11.8 Å². The molecule has 0 saturated carbocycles. The van der Waals surface area contributed by atoms with Crippen molar-refractivity contribution in [3.8, 4) is 11.5 Å². The Hall–Kier alpha value is -2.21. The van der Waals surface area contributed by atoms with Crippen LogP contribution in [0.3, 0.4) is 0 Å². The Morgan fingerprint density at radius 2 is 2.12 bits per heavy atom. The molecule has 1 aromatic heterocycles. The van der Waals surface area contributed by atoms with Gasteiger partial charge in [0.15, 0.2) is 0 Å². The largest absolute Gasteiger partial charge is 0.444 e. The van der Waals surface area contributed by atoms with Gasteiger partial charge in [0.05, 0.1) is 11.2 Å². The summed E-state index contributed by atoms with van der Waals surface area (Å²) in [5.74, 6) is 0.238. The quantitative estimate of drug-likeness (QED) is 0.915. The average Bonchev–Trinajstić information content (AvgIpc) is 3.02. The molecule has 0 unspecified atom stereocenters. The van der Waals surface area contributed by atoms with E-state index in [1.807, 2.05) is 6.92 Å². The van der Waals surface area contributed by atoms with Crippen LogP contribution in [0.15, 0.2) is 34.9 Å².